The fraction of sp³-hybridized carbons (Fsp3) is 0.333. The topological polar surface area (TPSA) is 47.3 Å². The molecular weight excluding hydrogens is 336 g/mol. The first-order chi connectivity index (χ1) is 9.67. The van der Waals surface area contributed by atoms with E-state index in [-0.39, 0.29) is 6.04 Å². The summed E-state index contributed by atoms with van der Waals surface area (Å²) in [6.45, 7) is 2.09. The van der Waals surface area contributed by atoms with Crippen LogP contribution in [0, 0.1) is 6.92 Å². The number of aryl methyl sites for hydroxylation is 1. The average molecular weight is 353 g/mol. The summed E-state index contributed by atoms with van der Waals surface area (Å²) in [5.41, 5.74) is 5.27. The fourth-order valence-electron chi connectivity index (χ4n) is 2.09. The lowest BCUT2D eigenvalue weighted by molar-refractivity contribution is 0.303. The number of halogens is 1. The van der Waals surface area contributed by atoms with Crippen LogP contribution in [0.2, 0.25) is 0 Å². The predicted molar refractivity (Wildman–Crippen MR) is 86.0 cm³/mol. The summed E-state index contributed by atoms with van der Waals surface area (Å²) >= 11 is 5.27. The Balaban J connectivity index is 1.80. The number of ether oxygens (including phenoxy) is 1. The lowest BCUT2D eigenvalue weighted by atomic mass is 10.1. The Kier molecular flexibility index (Phi) is 4.12. The van der Waals surface area contributed by atoms with Crippen LogP contribution < -0.4 is 16.0 Å². The van der Waals surface area contributed by atoms with Crippen molar-refractivity contribution in [2.24, 2.45) is 5.84 Å². The zero-order valence-corrected chi connectivity index (χ0v) is 13.6. The minimum absolute atomic E-state index is 0.0139. The van der Waals surface area contributed by atoms with Gasteiger partial charge in [-0.05, 0) is 65.0 Å². The van der Waals surface area contributed by atoms with E-state index in [1.54, 1.807) is 11.3 Å². The molecule has 1 aliphatic rings. The van der Waals surface area contributed by atoms with Gasteiger partial charge in [-0.25, -0.2) is 5.43 Å². The molecule has 1 aliphatic carbocycles. The van der Waals surface area contributed by atoms with Crippen LogP contribution in [0.5, 0.6) is 5.75 Å². The predicted octanol–water partition coefficient (Wildman–Crippen LogP) is 3.91. The molecule has 1 heterocycles. The summed E-state index contributed by atoms with van der Waals surface area (Å²) in [7, 11) is 0. The van der Waals surface area contributed by atoms with Crippen LogP contribution in [-0.4, -0.2) is 6.10 Å². The van der Waals surface area contributed by atoms with Crippen LogP contribution in [0.15, 0.2) is 34.1 Å². The van der Waals surface area contributed by atoms with Crippen LogP contribution in [0.4, 0.5) is 0 Å². The standard InChI is InChI=1S/C15H17BrN2OS/c1-9-8-13(20-15(9)16)14(18-17)10-2-4-11(5-3-10)19-12-6-7-12/h2-5,8,12,14,18H,6-7,17H2,1H3. The highest BCUT2D eigenvalue weighted by molar-refractivity contribution is 9.11. The van der Waals surface area contributed by atoms with Crippen molar-refractivity contribution in [3.63, 3.8) is 0 Å². The van der Waals surface area contributed by atoms with Crippen molar-refractivity contribution < 1.29 is 4.74 Å². The van der Waals surface area contributed by atoms with Gasteiger partial charge in [-0.2, -0.15) is 0 Å². The molecule has 1 saturated carbocycles. The number of nitrogens with two attached hydrogens (primary N) is 1. The van der Waals surface area contributed by atoms with E-state index in [1.165, 1.54) is 23.3 Å². The van der Waals surface area contributed by atoms with Crippen molar-refractivity contribution in [1.82, 2.24) is 5.43 Å². The number of nitrogens with one attached hydrogen (secondary N) is 1. The van der Waals surface area contributed by atoms with E-state index in [0.29, 0.717) is 6.10 Å². The molecule has 1 atom stereocenters. The lowest BCUT2D eigenvalue weighted by Crippen LogP contribution is -2.28. The molecule has 1 fully saturated rings. The summed E-state index contributed by atoms with van der Waals surface area (Å²) in [5, 5.41) is 0. The van der Waals surface area contributed by atoms with Crippen molar-refractivity contribution in [1.29, 1.82) is 0 Å². The van der Waals surface area contributed by atoms with Gasteiger partial charge in [0, 0.05) is 4.88 Å². The van der Waals surface area contributed by atoms with Crippen molar-refractivity contribution in [2.75, 3.05) is 0 Å². The van der Waals surface area contributed by atoms with E-state index in [1.807, 2.05) is 12.1 Å². The van der Waals surface area contributed by atoms with E-state index in [9.17, 15) is 0 Å². The van der Waals surface area contributed by atoms with Gasteiger partial charge in [0.2, 0.25) is 0 Å². The molecule has 106 valence electrons. The molecule has 1 unspecified atom stereocenters. The van der Waals surface area contributed by atoms with Crippen molar-refractivity contribution in [3.05, 3.63) is 50.1 Å². The molecule has 3 nitrogen and oxygen atoms in total. The highest BCUT2D eigenvalue weighted by Gasteiger charge is 2.23. The third-order valence-corrected chi connectivity index (χ3v) is 5.57. The van der Waals surface area contributed by atoms with Gasteiger partial charge in [-0.3, -0.25) is 5.84 Å². The molecule has 0 spiro atoms. The Morgan fingerprint density at radius 2 is 2.05 bits per heavy atom. The largest absolute Gasteiger partial charge is 0.490 e. The number of hydrogen-bond donors (Lipinski definition) is 2. The van der Waals surface area contributed by atoms with Crippen LogP contribution in [0.3, 0.4) is 0 Å². The Morgan fingerprint density at radius 1 is 1.35 bits per heavy atom. The van der Waals surface area contributed by atoms with E-state index in [0.717, 1.165) is 15.1 Å². The number of benzene rings is 1. The average Bonchev–Trinajstić information content (AvgIpc) is 3.19. The van der Waals surface area contributed by atoms with E-state index >= 15 is 0 Å². The van der Waals surface area contributed by atoms with Gasteiger partial charge >= 0.3 is 0 Å². The lowest BCUT2D eigenvalue weighted by Gasteiger charge is -2.15. The smallest absolute Gasteiger partial charge is 0.119 e. The summed E-state index contributed by atoms with van der Waals surface area (Å²) in [5.74, 6) is 6.68. The molecule has 0 bridgehead atoms. The Morgan fingerprint density at radius 3 is 2.55 bits per heavy atom. The number of hydrazine groups is 1. The van der Waals surface area contributed by atoms with Crippen molar-refractivity contribution in [2.45, 2.75) is 31.9 Å². The molecule has 0 amide bonds. The molecule has 0 saturated heterocycles. The SMILES string of the molecule is Cc1cc(C(NN)c2ccc(OC3CC3)cc2)sc1Br. The number of hydrogen-bond acceptors (Lipinski definition) is 4. The summed E-state index contributed by atoms with van der Waals surface area (Å²) in [6, 6.07) is 10.4. The fourth-order valence-corrected chi connectivity index (χ4v) is 3.75. The number of rotatable bonds is 5. The van der Waals surface area contributed by atoms with Crippen molar-refractivity contribution >= 4 is 27.3 Å². The first-order valence-electron chi connectivity index (χ1n) is 6.66. The maximum absolute atomic E-state index is 5.77. The Labute approximate surface area is 131 Å². The zero-order chi connectivity index (χ0) is 14.1. The highest BCUT2D eigenvalue weighted by Crippen LogP contribution is 2.35. The van der Waals surface area contributed by atoms with Gasteiger partial charge in [0.15, 0.2) is 0 Å². The molecule has 20 heavy (non-hydrogen) atoms. The molecule has 0 radical (unpaired) electrons. The Bertz CT molecular complexity index is 573. The zero-order valence-electron chi connectivity index (χ0n) is 11.2. The molecule has 1 aromatic heterocycles. The second kappa shape index (κ2) is 5.85. The van der Waals surface area contributed by atoms with E-state index in [4.69, 9.17) is 10.6 Å². The van der Waals surface area contributed by atoms with Gasteiger partial charge in [0.05, 0.1) is 15.9 Å². The van der Waals surface area contributed by atoms with E-state index in [2.05, 4.69) is 46.5 Å². The normalized spacial score (nSPS) is 16.1. The quantitative estimate of drug-likeness (QED) is 0.633. The maximum atomic E-state index is 5.77. The molecule has 0 aliphatic heterocycles. The Hall–Kier alpha value is -0.880. The van der Waals surface area contributed by atoms with Crippen LogP contribution in [0.1, 0.15) is 34.9 Å². The molecule has 1 aromatic carbocycles. The van der Waals surface area contributed by atoms with Gasteiger partial charge in [0.1, 0.15) is 5.75 Å². The first kappa shape index (κ1) is 14.1. The molecule has 5 heteroatoms. The molecular formula is C15H17BrN2OS. The monoisotopic (exact) mass is 352 g/mol. The molecule has 3 rings (SSSR count). The second-order valence-corrected chi connectivity index (χ2v) is 7.49. The molecule has 2 aromatic rings. The number of thiophene rings is 1. The molecule has 3 N–H and O–H groups in total. The van der Waals surface area contributed by atoms with Crippen LogP contribution in [0.25, 0.3) is 0 Å². The van der Waals surface area contributed by atoms with Gasteiger partial charge in [-0.1, -0.05) is 12.1 Å². The van der Waals surface area contributed by atoms with Crippen molar-refractivity contribution in [3.8, 4) is 5.75 Å². The van der Waals surface area contributed by atoms with Gasteiger partial charge in [-0.15, -0.1) is 11.3 Å². The summed E-state index contributed by atoms with van der Waals surface area (Å²) in [4.78, 5) is 1.20. The van der Waals surface area contributed by atoms with Crippen LogP contribution >= 0.6 is 27.3 Å². The van der Waals surface area contributed by atoms with Crippen LogP contribution in [-0.2, 0) is 0 Å². The van der Waals surface area contributed by atoms with Gasteiger partial charge < -0.3 is 4.74 Å². The second-order valence-electron chi connectivity index (χ2n) is 5.09. The first-order valence-corrected chi connectivity index (χ1v) is 8.27. The maximum Gasteiger partial charge on any atom is 0.119 e. The minimum atomic E-state index is 0.0139. The van der Waals surface area contributed by atoms with Gasteiger partial charge in [0.25, 0.3) is 0 Å². The third-order valence-electron chi connectivity index (χ3n) is 3.37. The minimum Gasteiger partial charge on any atom is -0.490 e. The summed E-state index contributed by atoms with van der Waals surface area (Å²) < 4.78 is 6.92. The summed E-state index contributed by atoms with van der Waals surface area (Å²) in [6.07, 6.45) is 2.79. The van der Waals surface area contributed by atoms with E-state index < -0.39 is 0 Å². The third kappa shape index (κ3) is 3.06. The highest BCUT2D eigenvalue weighted by atomic mass is 79.9.